The second kappa shape index (κ2) is 10.7. The Morgan fingerprint density at radius 2 is 1.15 bits per heavy atom. The molecule has 3 rings (SSSR count). The number of aryl methyl sites for hydroxylation is 3. The lowest BCUT2D eigenvalue weighted by Crippen LogP contribution is -1.85. The predicted octanol–water partition coefficient (Wildman–Crippen LogP) is 8.40. The van der Waals surface area contributed by atoms with E-state index in [1.54, 1.807) is 4.88 Å². The van der Waals surface area contributed by atoms with Gasteiger partial charge >= 0.3 is 0 Å². The maximum absolute atomic E-state index is 4.34. The third kappa shape index (κ3) is 6.26. The monoisotopic (exact) mass is 420 g/mol. The molecule has 0 amide bonds. The fourth-order valence-corrected chi connectivity index (χ4v) is 6.39. The van der Waals surface area contributed by atoms with Gasteiger partial charge < -0.3 is 0 Å². The van der Waals surface area contributed by atoms with Crippen LogP contribution < -0.4 is 0 Å². The Hall–Kier alpha value is -0.550. The van der Waals surface area contributed by atoms with Gasteiger partial charge in [-0.3, -0.25) is 0 Å². The minimum Gasteiger partial charge on any atom is -0.174 e. The molecule has 3 heterocycles. The first-order valence-corrected chi connectivity index (χ1v) is 12.7. The molecule has 0 radical (unpaired) electrons. The molecule has 0 saturated carbocycles. The van der Waals surface area contributed by atoms with Crippen LogP contribution in [-0.2, 0) is 18.6 Å². The summed E-state index contributed by atoms with van der Waals surface area (Å²) in [5.74, 6) is 0.878. The van der Waals surface area contributed by atoms with Crippen molar-refractivity contribution < 1.29 is 0 Å². The van der Waals surface area contributed by atoms with E-state index in [1.807, 2.05) is 34.0 Å². The Balaban J connectivity index is 1.25. The van der Waals surface area contributed by atoms with Crippen LogP contribution >= 0.6 is 46.6 Å². The lowest BCUT2D eigenvalue weighted by Gasteiger charge is -2.01. The van der Waals surface area contributed by atoms with Crippen molar-refractivity contribution in [2.45, 2.75) is 64.0 Å². The maximum atomic E-state index is 4.34. The van der Waals surface area contributed by atoms with E-state index < -0.39 is 0 Å². The average molecular weight is 421 g/mol. The molecule has 0 aliphatic heterocycles. The first-order chi connectivity index (χ1) is 12.7. The Labute approximate surface area is 175 Å². The SMILES string of the molecule is Cc1ccc(-c2ccc(CCCCCCCCc3ccc(CS)s3)s2)s1. The van der Waals surface area contributed by atoms with Crippen molar-refractivity contribution in [2.24, 2.45) is 0 Å². The van der Waals surface area contributed by atoms with Gasteiger partial charge in [0.15, 0.2) is 0 Å². The quantitative estimate of drug-likeness (QED) is 0.233. The lowest BCUT2D eigenvalue weighted by atomic mass is 10.1. The molecule has 0 fully saturated rings. The molecule has 0 saturated heterocycles. The van der Waals surface area contributed by atoms with Crippen LogP contribution in [0.3, 0.4) is 0 Å². The standard InChI is InChI=1S/C22H28S4/c1-17-10-14-21(24-17)22-15-13-19(26-22)9-7-5-3-2-4-6-8-18-11-12-20(16-23)25-18/h10-15,23H,2-9,16H2,1H3. The predicted molar refractivity (Wildman–Crippen MR) is 124 cm³/mol. The average Bonchev–Trinajstić information content (AvgIpc) is 3.37. The number of thiophene rings is 3. The number of rotatable bonds is 11. The molecule has 0 unspecified atom stereocenters. The van der Waals surface area contributed by atoms with E-state index in [-0.39, 0.29) is 0 Å². The van der Waals surface area contributed by atoms with Gasteiger partial charge in [-0.05, 0) is 69.0 Å². The second-order valence-electron chi connectivity index (χ2n) is 6.82. The van der Waals surface area contributed by atoms with Crippen molar-refractivity contribution in [3.05, 3.63) is 55.9 Å². The minimum absolute atomic E-state index is 0.878. The molecular formula is C22H28S4. The molecule has 0 N–H and O–H groups in total. The Morgan fingerprint density at radius 1 is 0.615 bits per heavy atom. The van der Waals surface area contributed by atoms with Gasteiger partial charge in [0.25, 0.3) is 0 Å². The van der Waals surface area contributed by atoms with Crippen LogP contribution in [0.4, 0.5) is 0 Å². The maximum Gasteiger partial charge on any atom is 0.0445 e. The van der Waals surface area contributed by atoms with Crippen LogP contribution in [0.1, 0.15) is 58.0 Å². The van der Waals surface area contributed by atoms with Crippen molar-refractivity contribution in [1.82, 2.24) is 0 Å². The number of thiol groups is 1. The highest BCUT2D eigenvalue weighted by Crippen LogP contribution is 2.33. The molecule has 0 nitrogen and oxygen atoms in total. The van der Waals surface area contributed by atoms with Crippen molar-refractivity contribution in [1.29, 1.82) is 0 Å². The van der Waals surface area contributed by atoms with Crippen LogP contribution in [-0.4, -0.2) is 0 Å². The van der Waals surface area contributed by atoms with E-state index in [0.717, 1.165) is 5.75 Å². The molecule has 140 valence electrons. The van der Waals surface area contributed by atoms with Crippen LogP contribution in [0.15, 0.2) is 36.4 Å². The van der Waals surface area contributed by atoms with Crippen molar-refractivity contribution in [3.63, 3.8) is 0 Å². The summed E-state index contributed by atoms with van der Waals surface area (Å²) in [6.07, 6.45) is 10.7. The zero-order valence-corrected chi connectivity index (χ0v) is 18.8. The zero-order valence-electron chi connectivity index (χ0n) is 15.5. The van der Waals surface area contributed by atoms with Gasteiger partial charge in [0.2, 0.25) is 0 Å². The summed E-state index contributed by atoms with van der Waals surface area (Å²) in [6, 6.07) is 13.6. The minimum atomic E-state index is 0.878. The molecule has 0 spiro atoms. The summed E-state index contributed by atoms with van der Waals surface area (Å²) < 4.78 is 0. The van der Waals surface area contributed by atoms with Crippen LogP contribution in [0, 0.1) is 6.92 Å². The summed E-state index contributed by atoms with van der Waals surface area (Å²) in [7, 11) is 0. The van der Waals surface area contributed by atoms with Gasteiger partial charge in [0, 0.05) is 35.0 Å². The van der Waals surface area contributed by atoms with Gasteiger partial charge in [-0.2, -0.15) is 12.6 Å². The van der Waals surface area contributed by atoms with E-state index >= 15 is 0 Å². The van der Waals surface area contributed by atoms with E-state index in [1.165, 1.54) is 75.8 Å². The Bertz CT molecular complexity index is 778. The van der Waals surface area contributed by atoms with E-state index in [0.29, 0.717) is 0 Å². The normalized spacial score (nSPS) is 11.3. The summed E-state index contributed by atoms with van der Waals surface area (Å²) in [5.41, 5.74) is 0. The van der Waals surface area contributed by atoms with Crippen molar-refractivity contribution in [3.8, 4) is 9.75 Å². The highest BCUT2D eigenvalue weighted by molar-refractivity contribution is 7.79. The molecule has 26 heavy (non-hydrogen) atoms. The first-order valence-electron chi connectivity index (χ1n) is 9.58. The molecule has 0 aliphatic carbocycles. The molecule has 4 heteroatoms. The van der Waals surface area contributed by atoms with Gasteiger partial charge in [0.05, 0.1) is 0 Å². The van der Waals surface area contributed by atoms with Crippen LogP contribution in [0.5, 0.6) is 0 Å². The molecule has 3 aromatic heterocycles. The third-order valence-electron chi connectivity index (χ3n) is 4.61. The van der Waals surface area contributed by atoms with Crippen LogP contribution in [0.25, 0.3) is 9.75 Å². The van der Waals surface area contributed by atoms with Crippen molar-refractivity contribution >= 4 is 46.6 Å². The topological polar surface area (TPSA) is 0 Å². The highest BCUT2D eigenvalue weighted by atomic mass is 32.1. The smallest absolute Gasteiger partial charge is 0.0445 e. The third-order valence-corrected chi connectivity index (χ3v) is 8.66. The largest absolute Gasteiger partial charge is 0.174 e. The number of unbranched alkanes of at least 4 members (excludes halogenated alkanes) is 5. The first kappa shape index (κ1) is 20.2. The second-order valence-corrected chi connectivity index (χ2v) is 10.8. The van der Waals surface area contributed by atoms with Crippen LogP contribution in [0.2, 0.25) is 0 Å². The number of hydrogen-bond acceptors (Lipinski definition) is 4. The summed E-state index contributed by atoms with van der Waals surface area (Å²) >= 11 is 10.1. The Kier molecular flexibility index (Phi) is 8.31. The summed E-state index contributed by atoms with van der Waals surface area (Å²) in [4.78, 5) is 8.73. The lowest BCUT2D eigenvalue weighted by molar-refractivity contribution is 0.596. The molecule has 0 aromatic carbocycles. The zero-order chi connectivity index (χ0) is 18.2. The summed E-state index contributed by atoms with van der Waals surface area (Å²) in [6.45, 7) is 2.18. The van der Waals surface area contributed by atoms with Gasteiger partial charge in [0.1, 0.15) is 0 Å². The van der Waals surface area contributed by atoms with Gasteiger partial charge in [-0.1, -0.05) is 25.7 Å². The number of hydrogen-bond donors (Lipinski definition) is 1. The fourth-order valence-electron chi connectivity index (χ4n) is 3.16. The molecular weight excluding hydrogens is 393 g/mol. The van der Waals surface area contributed by atoms with Gasteiger partial charge in [-0.25, -0.2) is 0 Å². The van der Waals surface area contributed by atoms with E-state index in [9.17, 15) is 0 Å². The van der Waals surface area contributed by atoms with E-state index in [4.69, 9.17) is 0 Å². The molecule has 0 bridgehead atoms. The fraction of sp³-hybridized carbons (Fsp3) is 0.455. The highest BCUT2D eigenvalue weighted by Gasteiger charge is 2.05. The van der Waals surface area contributed by atoms with Gasteiger partial charge in [-0.15, -0.1) is 34.0 Å². The molecule has 0 atom stereocenters. The van der Waals surface area contributed by atoms with E-state index in [2.05, 4.69) is 56.0 Å². The molecule has 0 aliphatic rings. The summed E-state index contributed by atoms with van der Waals surface area (Å²) in [5, 5.41) is 0. The van der Waals surface area contributed by atoms with Crippen molar-refractivity contribution in [2.75, 3.05) is 0 Å². The Morgan fingerprint density at radius 3 is 1.77 bits per heavy atom. The molecule has 3 aromatic rings.